The first kappa shape index (κ1) is 17.5. The summed E-state index contributed by atoms with van der Waals surface area (Å²) < 4.78 is 1.88. The Morgan fingerprint density at radius 3 is 2.88 bits per heavy atom. The minimum Gasteiger partial charge on any atom is -0.337 e. The molecule has 0 atom stereocenters. The van der Waals surface area contributed by atoms with E-state index in [4.69, 9.17) is 0 Å². The van der Waals surface area contributed by atoms with Crippen molar-refractivity contribution < 1.29 is 4.79 Å². The van der Waals surface area contributed by atoms with Gasteiger partial charge in [-0.3, -0.25) is 9.69 Å². The molecule has 0 bridgehead atoms. The van der Waals surface area contributed by atoms with Crippen LogP contribution in [-0.2, 0) is 13.1 Å². The molecule has 3 rings (SSSR count). The Balaban J connectivity index is 1.60. The zero-order valence-electron chi connectivity index (χ0n) is 15.1. The number of amides is 1. The molecule has 0 N–H and O–H groups in total. The molecule has 0 radical (unpaired) electrons. The Morgan fingerprint density at radius 2 is 2.08 bits per heavy atom. The number of hydrogen-bond acceptors (Lipinski definition) is 5. The van der Waals surface area contributed by atoms with Gasteiger partial charge in [0, 0.05) is 38.3 Å². The van der Waals surface area contributed by atoms with Gasteiger partial charge in [0.1, 0.15) is 0 Å². The van der Waals surface area contributed by atoms with Crippen molar-refractivity contribution in [2.45, 2.75) is 39.8 Å². The molecule has 1 aliphatic rings. The molecule has 1 amide bonds. The summed E-state index contributed by atoms with van der Waals surface area (Å²) in [7, 11) is 0. The van der Waals surface area contributed by atoms with Crippen molar-refractivity contribution in [3.05, 3.63) is 41.2 Å². The molecule has 0 unspecified atom stereocenters. The maximum atomic E-state index is 12.7. The molecule has 134 valence electrons. The van der Waals surface area contributed by atoms with Gasteiger partial charge >= 0.3 is 0 Å². The fourth-order valence-electron chi connectivity index (χ4n) is 3.21. The zero-order valence-corrected chi connectivity index (χ0v) is 15.1. The number of carbonyl (C=O) groups excluding carboxylic acids is 1. The number of tetrazole rings is 1. The van der Waals surface area contributed by atoms with Crippen LogP contribution in [0, 0.1) is 6.92 Å². The smallest absolute Gasteiger partial charge is 0.253 e. The second-order valence-corrected chi connectivity index (χ2v) is 6.61. The van der Waals surface area contributed by atoms with Crippen LogP contribution in [0.1, 0.15) is 41.5 Å². The van der Waals surface area contributed by atoms with Crippen LogP contribution >= 0.6 is 0 Å². The third-order valence-corrected chi connectivity index (χ3v) is 4.55. The summed E-state index contributed by atoms with van der Waals surface area (Å²) in [6.45, 7) is 9.04. The van der Waals surface area contributed by atoms with Crippen LogP contribution in [0.2, 0.25) is 0 Å². The van der Waals surface area contributed by atoms with Gasteiger partial charge in [0.05, 0.1) is 6.54 Å². The van der Waals surface area contributed by atoms with E-state index in [0.29, 0.717) is 0 Å². The topological polar surface area (TPSA) is 67.2 Å². The first-order valence-corrected chi connectivity index (χ1v) is 9.00. The molecule has 1 aromatic carbocycles. The van der Waals surface area contributed by atoms with E-state index in [2.05, 4.69) is 27.3 Å². The van der Waals surface area contributed by atoms with E-state index < -0.39 is 0 Å². The lowest BCUT2D eigenvalue weighted by Gasteiger charge is -2.22. The van der Waals surface area contributed by atoms with E-state index in [-0.39, 0.29) is 5.91 Å². The monoisotopic (exact) mass is 342 g/mol. The van der Waals surface area contributed by atoms with Crippen LogP contribution in [0.5, 0.6) is 0 Å². The maximum absolute atomic E-state index is 12.7. The van der Waals surface area contributed by atoms with Gasteiger partial charge in [-0.25, -0.2) is 4.68 Å². The van der Waals surface area contributed by atoms with Gasteiger partial charge in [0.25, 0.3) is 5.91 Å². The molecule has 0 aliphatic carbocycles. The highest BCUT2D eigenvalue weighted by Gasteiger charge is 2.21. The molecule has 2 heterocycles. The minimum absolute atomic E-state index is 0.126. The van der Waals surface area contributed by atoms with Gasteiger partial charge in [0.15, 0.2) is 5.82 Å². The van der Waals surface area contributed by atoms with E-state index in [0.717, 1.165) is 69.1 Å². The van der Waals surface area contributed by atoms with E-state index in [9.17, 15) is 4.79 Å². The largest absolute Gasteiger partial charge is 0.337 e. The highest BCUT2D eigenvalue weighted by Crippen LogP contribution is 2.12. The second-order valence-electron chi connectivity index (χ2n) is 6.61. The van der Waals surface area contributed by atoms with Gasteiger partial charge in [-0.1, -0.05) is 24.6 Å². The first-order chi connectivity index (χ1) is 12.2. The number of benzene rings is 1. The van der Waals surface area contributed by atoms with Crippen LogP contribution < -0.4 is 0 Å². The number of aromatic nitrogens is 4. The predicted octanol–water partition coefficient (Wildman–Crippen LogP) is 1.74. The van der Waals surface area contributed by atoms with Crippen LogP contribution in [0.4, 0.5) is 0 Å². The van der Waals surface area contributed by atoms with Crippen molar-refractivity contribution in [1.29, 1.82) is 0 Å². The van der Waals surface area contributed by atoms with Crippen molar-refractivity contribution in [1.82, 2.24) is 30.0 Å². The summed E-state index contributed by atoms with van der Waals surface area (Å²) in [5, 5.41) is 12.0. The van der Waals surface area contributed by atoms with E-state index in [1.165, 1.54) is 0 Å². The molecule has 1 fully saturated rings. The fraction of sp³-hybridized carbons (Fsp3) is 0.556. The lowest BCUT2D eigenvalue weighted by atomic mass is 10.1. The summed E-state index contributed by atoms with van der Waals surface area (Å²) in [6.07, 6.45) is 1.98. The normalized spacial score (nSPS) is 16.0. The van der Waals surface area contributed by atoms with Crippen molar-refractivity contribution in [2.75, 3.05) is 26.2 Å². The summed E-state index contributed by atoms with van der Waals surface area (Å²) in [5.41, 5.74) is 1.89. The van der Waals surface area contributed by atoms with Crippen LogP contribution in [0.3, 0.4) is 0 Å². The molecule has 2 aromatic rings. The van der Waals surface area contributed by atoms with Gasteiger partial charge in [0.2, 0.25) is 0 Å². The van der Waals surface area contributed by atoms with Gasteiger partial charge in [-0.05, 0) is 42.3 Å². The second kappa shape index (κ2) is 8.20. The van der Waals surface area contributed by atoms with Crippen LogP contribution in [0.25, 0.3) is 0 Å². The summed E-state index contributed by atoms with van der Waals surface area (Å²) in [6, 6.07) is 7.82. The fourth-order valence-corrected chi connectivity index (χ4v) is 3.21. The average molecular weight is 342 g/mol. The minimum atomic E-state index is 0.126. The van der Waals surface area contributed by atoms with E-state index in [1.807, 2.05) is 40.8 Å². The molecule has 25 heavy (non-hydrogen) atoms. The standard InChI is InChI=1S/C18H26N6O/c1-3-8-24-17(19-20-21-24)14-22-9-5-10-23(12-11-22)18(25)16-7-4-6-15(2)13-16/h4,6-7,13H,3,5,8-12,14H2,1-2H3. The maximum Gasteiger partial charge on any atom is 0.253 e. The molecule has 1 saturated heterocycles. The number of hydrogen-bond donors (Lipinski definition) is 0. The van der Waals surface area contributed by atoms with Crippen LogP contribution in [-0.4, -0.2) is 62.1 Å². The molecular weight excluding hydrogens is 316 g/mol. The van der Waals surface area contributed by atoms with Gasteiger partial charge in [-0.15, -0.1) is 5.10 Å². The Hall–Kier alpha value is -2.28. The highest BCUT2D eigenvalue weighted by atomic mass is 16.2. The number of nitrogens with zero attached hydrogens (tertiary/aromatic N) is 6. The predicted molar refractivity (Wildman–Crippen MR) is 95.1 cm³/mol. The molecule has 0 saturated carbocycles. The summed E-state index contributed by atoms with van der Waals surface area (Å²) in [4.78, 5) is 17.0. The molecule has 1 aliphatic heterocycles. The Labute approximate surface area is 148 Å². The summed E-state index contributed by atoms with van der Waals surface area (Å²) in [5.74, 6) is 1.03. The van der Waals surface area contributed by atoms with Gasteiger partial charge in [-0.2, -0.15) is 0 Å². The number of carbonyl (C=O) groups is 1. The molecule has 7 heteroatoms. The highest BCUT2D eigenvalue weighted by molar-refractivity contribution is 5.94. The van der Waals surface area contributed by atoms with Crippen molar-refractivity contribution in [3.63, 3.8) is 0 Å². The Morgan fingerprint density at radius 1 is 1.20 bits per heavy atom. The summed E-state index contributed by atoms with van der Waals surface area (Å²) >= 11 is 0. The zero-order chi connectivity index (χ0) is 17.6. The van der Waals surface area contributed by atoms with Crippen molar-refractivity contribution in [3.8, 4) is 0 Å². The molecular formula is C18H26N6O. The van der Waals surface area contributed by atoms with E-state index in [1.54, 1.807) is 0 Å². The lowest BCUT2D eigenvalue weighted by Crippen LogP contribution is -2.35. The third kappa shape index (κ3) is 4.42. The Kier molecular flexibility index (Phi) is 5.75. The molecule has 1 aromatic heterocycles. The lowest BCUT2D eigenvalue weighted by molar-refractivity contribution is 0.0761. The molecule has 7 nitrogen and oxygen atoms in total. The first-order valence-electron chi connectivity index (χ1n) is 9.00. The Bertz CT molecular complexity index is 713. The quantitative estimate of drug-likeness (QED) is 0.828. The third-order valence-electron chi connectivity index (χ3n) is 4.55. The average Bonchev–Trinajstić information content (AvgIpc) is 2.90. The number of rotatable bonds is 5. The molecule has 0 spiro atoms. The SMILES string of the molecule is CCCn1nnnc1CN1CCCN(C(=O)c2cccc(C)c2)CC1. The van der Waals surface area contributed by atoms with Crippen LogP contribution in [0.15, 0.2) is 24.3 Å². The van der Waals surface area contributed by atoms with Crippen molar-refractivity contribution in [2.24, 2.45) is 0 Å². The van der Waals surface area contributed by atoms with Gasteiger partial charge < -0.3 is 4.90 Å². The number of aryl methyl sites for hydroxylation is 2. The van der Waals surface area contributed by atoms with Crippen molar-refractivity contribution >= 4 is 5.91 Å². The van der Waals surface area contributed by atoms with E-state index >= 15 is 0 Å².